The number of rotatable bonds is 6. The SMILES string of the molecule is CCOc1ccc(NC(=O)c2oc3c(c2C)/C(=N/NC(=O)c2ccc(C)cc2)CCC3)cc1. The van der Waals surface area contributed by atoms with Crippen molar-refractivity contribution in [3.8, 4) is 5.75 Å². The first kappa shape index (κ1) is 22.3. The molecular weight excluding hydrogens is 418 g/mol. The Hall–Kier alpha value is -3.87. The largest absolute Gasteiger partial charge is 0.494 e. The van der Waals surface area contributed by atoms with Crippen LogP contribution in [0.1, 0.15) is 63.1 Å². The minimum absolute atomic E-state index is 0.258. The Morgan fingerprint density at radius 1 is 1.00 bits per heavy atom. The number of hydrazone groups is 1. The van der Waals surface area contributed by atoms with Crippen LogP contribution in [0.4, 0.5) is 5.69 Å². The van der Waals surface area contributed by atoms with Crippen molar-refractivity contribution in [3.63, 3.8) is 0 Å². The highest BCUT2D eigenvalue weighted by Crippen LogP contribution is 2.30. The number of benzene rings is 2. The van der Waals surface area contributed by atoms with Gasteiger partial charge in [-0.05, 0) is 70.0 Å². The summed E-state index contributed by atoms with van der Waals surface area (Å²) < 4.78 is 11.4. The second kappa shape index (κ2) is 9.73. The number of carbonyl (C=O) groups excluding carboxylic acids is 2. The third-order valence-corrected chi connectivity index (χ3v) is 5.56. The van der Waals surface area contributed by atoms with Crippen molar-refractivity contribution in [2.75, 3.05) is 11.9 Å². The summed E-state index contributed by atoms with van der Waals surface area (Å²) in [5.41, 5.74) is 7.17. The van der Waals surface area contributed by atoms with Crippen LogP contribution in [0.5, 0.6) is 5.75 Å². The van der Waals surface area contributed by atoms with E-state index in [0.717, 1.165) is 46.8 Å². The van der Waals surface area contributed by atoms with E-state index in [1.54, 1.807) is 36.4 Å². The number of furan rings is 1. The van der Waals surface area contributed by atoms with Crippen molar-refractivity contribution in [1.82, 2.24) is 5.43 Å². The summed E-state index contributed by atoms with van der Waals surface area (Å²) >= 11 is 0. The summed E-state index contributed by atoms with van der Waals surface area (Å²) in [7, 11) is 0. The van der Waals surface area contributed by atoms with Gasteiger partial charge in [-0.2, -0.15) is 5.10 Å². The lowest BCUT2D eigenvalue weighted by Crippen LogP contribution is -2.22. The van der Waals surface area contributed by atoms with E-state index in [4.69, 9.17) is 9.15 Å². The van der Waals surface area contributed by atoms with E-state index in [1.165, 1.54) is 0 Å². The molecule has 0 saturated carbocycles. The molecule has 3 aromatic rings. The number of nitrogens with zero attached hydrogens (tertiary/aromatic N) is 1. The van der Waals surface area contributed by atoms with Crippen LogP contribution in [0, 0.1) is 13.8 Å². The Morgan fingerprint density at radius 3 is 2.42 bits per heavy atom. The number of hydrogen-bond donors (Lipinski definition) is 2. The minimum atomic E-state index is -0.325. The molecule has 0 aliphatic heterocycles. The van der Waals surface area contributed by atoms with Gasteiger partial charge in [0.2, 0.25) is 0 Å². The van der Waals surface area contributed by atoms with E-state index in [1.807, 2.05) is 32.9 Å². The second-order valence-corrected chi connectivity index (χ2v) is 7.98. The van der Waals surface area contributed by atoms with E-state index in [-0.39, 0.29) is 17.6 Å². The molecule has 0 atom stereocenters. The number of aryl methyl sites for hydroxylation is 2. The van der Waals surface area contributed by atoms with Crippen LogP contribution in [0.15, 0.2) is 58.0 Å². The highest BCUT2D eigenvalue weighted by Gasteiger charge is 2.28. The molecule has 2 aromatic carbocycles. The first-order chi connectivity index (χ1) is 16.0. The molecular formula is C26H27N3O4. The smallest absolute Gasteiger partial charge is 0.291 e. The lowest BCUT2D eigenvalue weighted by atomic mass is 9.93. The van der Waals surface area contributed by atoms with Crippen LogP contribution in [0.25, 0.3) is 0 Å². The highest BCUT2D eigenvalue weighted by atomic mass is 16.5. The van der Waals surface area contributed by atoms with Crippen molar-refractivity contribution in [2.45, 2.75) is 40.0 Å². The molecule has 170 valence electrons. The van der Waals surface area contributed by atoms with Crippen LogP contribution in [0.3, 0.4) is 0 Å². The average Bonchev–Trinajstić information content (AvgIpc) is 3.16. The number of hydrogen-bond acceptors (Lipinski definition) is 5. The Bertz CT molecular complexity index is 1190. The number of nitrogens with one attached hydrogen (secondary N) is 2. The van der Waals surface area contributed by atoms with Gasteiger partial charge in [0, 0.05) is 28.8 Å². The Morgan fingerprint density at radius 2 is 1.73 bits per heavy atom. The van der Waals surface area contributed by atoms with Crippen LogP contribution < -0.4 is 15.5 Å². The van der Waals surface area contributed by atoms with E-state index < -0.39 is 0 Å². The maximum Gasteiger partial charge on any atom is 0.291 e. The van der Waals surface area contributed by atoms with Gasteiger partial charge in [0.05, 0.1) is 12.3 Å². The van der Waals surface area contributed by atoms with Gasteiger partial charge in [-0.15, -0.1) is 0 Å². The number of amides is 2. The number of anilines is 1. The monoisotopic (exact) mass is 445 g/mol. The molecule has 0 bridgehead atoms. The molecule has 2 N–H and O–H groups in total. The summed E-state index contributed by atoms with van der Waals surface area (Å²) in [5.74, 6) is 1.12. The van der Waals surface area contributed by atoms with Gasteiger partial charge in [0.25, 0.3) is 11.8 Å². The molecule has 0 radical (unpaired) electrons. The second-order valence-electron chi connectivity index (χ2n) is 7.98. The summed E-state index contributed by atoms with van der Waals surface area (Å²) in [6, 6.07) is 14.5. The number of fused-ring (bicyclic) bond motifs is 1. The first-order valence-corrected chi connectivity index (χ1v) is 11.1. The molecule has 0 saturated heterocycles. The number of carbonyl (C=O) groups is 2. The lowest BCUT2D eigenvalue weighted by molar-refractivity contribution is 0.0953. The Labute approximate surface area is 192 Å². The molecule has 1 aliphatic carbocycles. The molecule has 1 heterocycles. The zero-order chi connectivity index (χ0) is 23.4. The third-order valence-electron chi connectivity index (χ3n) is 5.56. The van der Waals surface area contributed by atoms with E-state index in [2.05, 4.69) is 15.8 Å². The minimum Gasteiger partial charge on any atom is -0.494 e. The summed E-state index contributed by atoms with van der Waals surface area (Å²) in [6.45, 7) is 6.32. The fourth-order valence-electron chi connectivity index (χ4n) is 3.87. The predicted molar refractivity (Wildman–Crippen MR) is 127 cm³/mol. The molecule has 0 unspecified atom stereocenters. The van der Waals surface area contributed by atoms with Crippen LogP contribution in [0.2, 0.25) is 0 Å². The standard InChI is InChI=1S/C26H27N3O4/c1-4-32-20-14-12-19(13-15-20)27-26(31)24-17(3)23-21(6-5-7-22(23)33-24)28-29-25(30)18-10-8-16(2)9-11-18/h8-15H,4-7H2,1-3H3,(H,27,31)(H,29,30)/b28-21+. The van der Waals surface area contributed by atoms with Gasteiger partial charge >= 0.3 is 0 Å². The van der Waals surface area contributed by atoms with E-state index in [0.29, 0.717) is 24.3 Å². The van der Waals surface area contributed by atoms with E-state index in [9.17, 15) is 9.59 Å². The molecule has 1 aromatic heterocycles. The zero-order valence-corrected chi connectivity index (χ0v) is 19.0. The summed E-state index contributed by atoms with van der Waals surface area (Å²) in [4.78, 5) is 25.4. The highest BCUT2D eigenvalue weighted by molar-refractivity contribution is 6.09. The van der Waals surface area contributed by atoms with Gasteiger partial charge in [0.15, 0.2) is 5.76 Å². The molecule has 33 heavy (non-hydrogen) atoms. The predicted octanol–water partition coefficient (Wildman–Crippen LogP) is 5.02. The van der Waals surface area contributed by atoms with E-state index >= 15 is 0 Å². The maximum absolute atomic E-state index is 12.9. The van der Waals surface area contributed by atoms with Gasteiger partial charge in [-0.1, -0.05) is 17.7 Å². The Kier molecular flexibility index (Phi) is 6.58. The van der Waals surface area contributed by atoms with Gasteiger partial charge in [-0.25, -0.2) is 5.43 Å². The van der Waals surface area contributed by atoms with Crippen molar-refractivity contribution in [3.05, 3.63) is 82.3 Å². The summed E-state index contributed by atoms with van der Waals surface area (Å²) in [6.07, 6.45) is 2.25. The maximum atomic E-state index is 12.9. The average molecular weight is 446 g/mol. The molecule has 4 rings (SSSR count). The van der Waals surface area contributed by atoms with Crippen molar-refractivity contribution in [1.29, 1.82) is 0 Å². The van der Waals surface area contributed by atoms with Gasteiger partial charge in [0.1, 0.15) is 11.5 Å². The molecule has 0 fully saturated rings. The number of ether oxygens (including phenoxy) is 1. The lowest BCUT2D eigenvalue weighted by Gasteiger charge is -2.13. The van der Waals surface area contributed by atoms with Crippen LogP contribution in [-0.4, -0.2) is 24.1 Å². The molecule has 2 amide bonds. The molecule has 7 nitrogen and oxygen atoms in total. The fraction of sp³-hybridized carbons (Fsp3) is 0.269. The van der Waals surface area contributed by atoms with Gasteiger partial charge < -0.3 is 14.5 Å². The molecule has 0 spiro atoms. The van der Waals surface area contributed by atoms with Gasteiger partial charge in [-0.3, -0.25) is 9.59 Å². The Balaban J connectivity index is 1.52. The van der Waals surface area contributed by atoms with Crippen molar-refractivity contribution in [2.24, 2.45) is 5.10 Å². The summed E-state index contributed by atoms with van der Waals surface area (Å²) in [5, 5.41) is 7.25. The third kappa shape index (κ3) is 4.98. The quantitative estimate of drug-likeness (QED) is 0.521. The molecule has 1 aliphatic rings. The van der Waals surface area contributed by atoms with Crippen LogP contribution in [-0.2, 0) is 6.42 Å². The van der Waals surface area contributed by atoms with Crippen LogP contribution >= 0.6 is 0 Å². The normalized spacial score (nSPS) is 14.0. The first-order valence-electron chi connectivity index (χ1n) is 11.1. The topological polar surface area (TPSA) is 92.9 Å². The molecule has 7 heteroatoms. The van der Waals surface area contributed by atoms with Crippen molar-refractivity contribution < 1.29 is 18.7 Å². The fourth-order valence-corrected chi connectivity index (χ4v) is 3.87. The zero-order valence-electron chi connectivity index (χ0n) is 19.0. The van der Waals surface area contributed by atoms with Crippen molar-refractivity contribution >= 4 is 23.2 Å².